The molecule has 33 heavy (non-hydrogen) atoms. The van der Waals surface area contributed by atoms with Gasteiger partial charge in [0.1, 0.15) is 22.8 Å². The zero-order valence-corrected chi connectivity index (χ0v) is 17.9. The molecule has 5 rings (SSSR count). The Labute approximate surface area is 188 Å². The van der Waals surface area contributed by atoms with Crippen LogP contribution in [-0.4, -0.2) is 26.5 Å². The van der Waals surface area contributed by atoms with Crippen LogP contribution in [0.1, 0.15) is 48.2 Å². The third-order valence-corrected chi connectivity index (χ3v) is 5.97. The van der Waals surface area contributed by atoms with E-state index in [-0.39, 0.29) is 28.8 Å². The number of phenols is 1. The molecule has 170 valence electrons. The van der Waals surface area contributed by atoms with Gasteiger partial charge in [0.05, 0.1) is 11.1 Å². The minimum atomic E-state index is -3.13. The lowest BCUT2D eigenvalue weighted by molar-refractivity contribution is -0.0494. The Kier molecular flexibility index (Phi) is 5.44. The number of rotatable bonds is 7. The van der Waals surface area contributed by atoms with Crippen molar-refractivity contribution in [2.75, 3.05) is 0 Å². The molecule has 0 atom stereocenters. The fourth-order valence-electron chi connectivity index (χ4n) is 4.24. The van der Waals surface area contributed by atoms with Gasteiger partial charge in [-0.25, -0.2) is 14.1 Å². The second-order valence-corrected chi connectivity index (χ2v) is 8.17. The number of aromatic hydroxyl groups is 1. The average molecular weight is 453 g/mol. The van der Waals surface area contributed by atoms with Crippen LogP contribution in [0.15, 0.2) is 48.7 Å². The molecule has 0 saturated heterocycles. The minimum absolute atomic E-state index is 0.148. The van der Waals surface area contributed by atoms with Gasteiger partial charge in [0, 0.05) is 35.5 Å². The number of aryl methyl sites for hydroxylation is 1. The number of hydrogen-bond acceptors (Lipinski definition) is 4. The van der Waals surface area contributed by atoms with E-state index in [0.717, 1.165) is 23.4 Å². The van der Waals surface area contributed by atoms with Crippen molar-refractivity contribution in [2.45, 2.75) is 45.1 Å². The molecule has 0 aliphatic heterocycles. The largest absolute Gasteiger partial charge is 0.507 e. The monoisotopic (exact) mass is 453 g/mol. The number of benzene rings is 2. The third-order valence-electron chi connectivity index (χ3n) is 5.97. The highest BCUT2D eigenvalue weighted by atomic mass is 19.3. The summed E-state index contributed by atoms with van der Waals surface area (Å²) in [6.45, 7) is -1.32. The van der Waals surface area contributed by atoms with Crippen LogP contribution in [0.25, 0.3) is 16.6 Å². The predicted molar refractivity (Wildman–Crippen MR) is 118 cm³/mol. The quantitative estimate of drug-likeness (QED) is 0.379. The van der Waals surface area contributed by atoms with Crippen molar-refractivity contribution < 1.29 is 23.0 Å². The summed E-state index contributed by atoms with van der Waals surface area (Å²) in [5.74, 6) is -0.764. The van der Waals surface area contributed by atoms with Gasteiger partial charge in [0.25, 0.3) is 0 Å². The molecule has 0 spiro atoms. The molecule has 2 aromatic heterocycles. The molecular formula is C25H22F3N3O2. The summed E-state index contributed by atoms with van der Waals surface area (Å²) >= 11 is 0. The maximum absolute atomic E-state index is 14.4. The van der Waals surface area contributed by atoms with Crippen LogP contribution in [0.3, 0.4) is 0 Å². The summed E-state index contributed by atoms with van der Waals surface area (Å²) in [5.41, 5.74) is 3.59. The zero-order valence-electron chi connectivity index (χ0n) is 17.9. The topological polar surface area (TPSA) is 60.2 Å². The Bertz CT molecular complexity index is 1310. The molecular weight excluding hydrogens is 431 g/mol. The number of halogens is 3. The van der Waals surface area contributed by atoms with Crippen LogP contribution < -0.4 is 4.74 Å². The molecule has 1 saturated carbocycles. The SMILES string of the molecule is CCc1nc2c(F)ccc(O)c2c(OC(F)F)c1Cc1ccc(-n2nccc2C2CC2)cc1. The number of hydrogen-bond donors (Lipinski definition) is 1. The van der Waals surface area contributed by atoms with Crippen molar-refractivity contribution >= 4 is 10.9 Å². The summed E-state index contributed by atoms with van der Waals surface area (Å²) < 4.78 is 47.8. The fraction of sp³-hybridized carbons (Fsp3) is 0.280. The van der Waals surface area contributed by atoms with E-state index in [1.165, 1.54) is 18.5 Å². The van der Waals surface area contributed by atoms with Gasteiger partial charge in [-0.3, -0.25) is 0 Å². The van der Waals surface area contributed by atoms with Gasteiger partial charge in [0.15, 0.2) is 0 Å². The second kappa shape index (κ2) is 8.42. The lowest BCUT2D eigenvalue weighted by atomic mass is 9.98. The lowest BCUT2D eigenvalue weighted by Crippen LogP contribution is -2.10. The van der Waals surface area contributed by atoms with Crippen LogP contribution >= 0.6 is 0 Å². The molecule has 1 aliphatic rings. The number of aromatic nitrogens is 3. The highest BCUT2D eigenvalue weighted by molar-refractivity contribution is 5.92. The lowest BCUT2D eigenvalue weighted by Gasteiger charge is -2.18. The molecule has 1 aliphatic carbocycles. The van der Waals surface area contributed by atoms with E-state index < -0.39 is 12.4 Å². The van der Waals surface area contributed by atoms with E-state index >= 15 is 0 Å². The first-order valence-electron chi connectivity index (χ1n) is 10.9. The highest BCUT2D eigenvalue weighted by Crippen LogP contribution is 2.41. The Morgan fingerprint density at radius 3 is 2.55 bits per heavy atom. The molecule has 4 aromatic rings. The van der Waals surface area contributed by atoms with E-state index in [4.69, 9.17) is 4.74 Å². The van der Waals surface area contributed by atoms with Gasteiger partial charge < -0.3 is 9.84 Å². The molecule has 0 bridgehead atoms. The smallest absolute Gasteiger partial charge is 0.387 e. The van der Waals surface area contributed by atoms with Gasteiger partial charge in [-0.15, -0.1) is 0 Å². The van der Waals surface area contributed by atoms with Crippen molar-refractivity contribution in [3.63, 3.8) is 0 Å². The Hall–Kier alpha value is -3.55. The fourth-order valence-corrected chi connectivity index (χ4v) is 4.24. The Morgan fingerprint density at radius 2 is 1.88 bits per heavy atom. The maximum Gasteiger partial charge on any atom is 0.387 e. The summed E-state index contributed by atoms with van der Waals surface area (Å²) in [4.78, 5) is 4.34. The summed E-state index contributed by atoms with van der Waals surface area (Å²) in [6, 6.07) is 11.9. The van der Waals surface area contributed by atoms with Crippen LogP contribution in [0.2, 0.25) is 0 Å². The van der Waals surface area contributed by atoms with Crippen molar-refractivity contribution in [2.24, 2.45) is 0 Å². The van der Waals surface area contributed by atoms with Crippen molar-refractivity contribution in [3.05, 3.63) is 77.0 Å². The van der Waals surface area contributed by atoms with E-state index in [0.29, 0.717) is 23.6 Å². The van der Waals surface area contributed by atoms with E-state index in [1.54, 1.807) is 6.20 Å². The van der Waals surface area contributed by atoms with Crippen molar-refractivity contribution in [1.82, 2.24) is 14.8 Å². The molecule has 8 heteroatoms. The first-order valence-corrected chi connectivity index (χ1v) is 10.9. The van der Waals surface area contributed by atoms with E-state index in [9.17, 15) is 18.3 Å². The molecule has 2 aromatic carbocycles. The number of alkyl halides is 2. The molecule has 0 radical (unpaired) electrons. The van der Waals surface area contributed by atoms with Crippen molar-refractivity contribution in [3.8, 4) is 17.2 Å². The zero-order chi connectivity index (χ0) is 23.1. The standard InChI is InChI=1S/C25H22F3N3O2/c1-2-19-17(24(33-25(27)28)22-21(32)10-9-18(26)23(22)30-19)13-14-3-7-16(8-4-14)31-20(11-12-29-31)15-5-6-15/h3-4,7-12,15,25,32H,2,5-6,13H2,1H3. The number of phenolic OH excluding ortho intramolecular Hbond substituents is 1. The van der Waals surface area contributed by atoms with Crippen LogP contribution in [0, 0.1) is 5.82 Å². The summed E-state index contributed by atoms with van der Waals surface area (Å²) in [5, 5.41) is 14.6. The average Bonchev–Trinajstić information content (AvgIpc) is 3.53. The normalized spacial score (nSPS) is 13.7. The molecule has 1 fully saturated rings. The predicted octanol–water partition coefficient (Wildman–Crippen LogP) is 5.90. The minimum Gasteiger partial charge on any atom is -0.507 e. The molecule has 0 amide bonds. The third kappa shape index (κ3) is 4.01. The van der Waals surface area contributed by atoms with E-state index in [1.807, 2.05) is 41.9 Å². The maximum atomic E-state index is 14.4. The highest BCUT2D eigenvalue weighted by Gasteiger charge is 2.27. The van der Waals surface area contributed by atoms with Gasteiger partial charge >= 0.3 is 6.61 Å². The van der Waals surface area contributed by atoms with Gasteiger partial charge in [0.2, 0.25) is 0 Å². The number of pyridine rings is 1. The molecule has 0 unspecified atom stereocenters. The Balaban J connectivity index is 1.56. The van der Waals surface area contributed by atoms with Crippen LogP contribution in [-0.2, 0) is 12.8 Å². The first-order chi connectivity index (χ1) is 16.0. The van der Waals surface area contributed by atoms with Gasteiger partial charge in [-0.05, 0) is 55.2 Å². The molecule has 2 heterocycles. The van der Waals surface area contributed by atoms with Gasteiger partial charge in [-0.1, -0.05) is 19.1 Å². The summed E-state index contributed by atoms with van der Waals surface area (Å²) in [7, 11) is 0. The first kappa shape index (κ1) is 21.3. The number of ether oxygens (including phenoxy) is 1. The van der Waals surface area contributed by atoms with E-state index in [2.05, 4.69) is 10.1 Å². The molecule has 1 N–H and O–H groups in total. The van der Waals surface area contributed by atoms with Gasteiger partial charge in [-0.2, -0.15) is 13.9 Å². The van der Waals surface area contributed by atoms with Crippen molar-refractivity contribution in [1.29, 1.82) is 0 Å². The van der Waals surface area contributed by atoms with Crippen LogP contribution in [0.4, 0.5) is 13.2 Å². The Morgan fingerprint density at radius 1 is 1.12 bits per heavy atom. The van der Waals surface area contributed by atoms with Crippen LogP contribution in [0.5, 0.6) is 11.5 Å². The number of nitrogens with zero attached hydrogens (tertiary/aromatic N) is 3. The summed E-state index contributed by atoms with van der Waals surface area (Å²) in [6.07, 6.45) is 4.74. The molecule has 5 nitrogen and oxygen atoms in total. The number of fused-ring (bicyclic) bond motifs is 1. The second-order valence-electron chi connectivity index (χ2n) is 8.17.